The summed E-state index contributed by atoms with van der Waals surface area (Å²) < 4.78 is 27.7. The Kier molecular flexibility index (Phi) is 4.46. The van der Waals surface area contributed by atoms with Gasteiger partial charge in [-0.2, -0.15) is 0 Å². The molecule has 2 heterocycles. The van der Waals surface area contributed by atoms with Gasteiger partial charge in [-0.1, -0.05) is 30.3 Å². The monoisotopic (exact) mass is 343 g/mol. The van der Waals surface area contributed by atoms with Crippen LogP contribution in [0.4, 0.5) is 0 Å². The summed E-state index contributed by atoms with van der Waals surface area (Å²) in [7, 11) is -3.74. The average molecular weight is 343 g/mol. The number of carbonyl (C=O) groups excluding carboxylic acids is 1. The predicted molar refractivity (Wildman–Crippen MR) is 91.3 cm³/mol. The van der Waals surface area contributed by atoms with E-state index in [0.717, 1.165) is 0 Å². The lowest BCUT2D eigenvalue weighted by Gasteiger charge is -2.13. The number of sulfonamides is 1. The molecule has 0 radical (unpaired) electrons. The van der Waals surface area contributed by atoms with Crippen LogP contribution in [0.3, 0.4) is 0 Å². The highest BCUT2D eigenvalue weighted by molar-refractivity contribution is 7.89. The van der Waals surface area contributed by atoms with E-state index in [4.69, 9.17) is 0 Å². The van der Waals surface area contributed by atoms with Crippen molar-refractivity contribution >= 4 is 26.8 Å². The maximum atomic E-state index is 12.6. The molecule has 0 bridgehead atoms. The van der Waals surface area contributed by atoms with Gasteiger partial charge in [-0.05, 0) is 19.1 Å². The number of nitrogens with zero attached hydrogens (tertiary/aromatic N) is 1. The van der Waals surface area contributed by atoms with Crippen molar-refractivity contribution < 1.29 is 13.2 Å². The molecule has 1 aromatic carbocycles. The molecule has 0 aliphatic carbocycles. The van der Waals surface area contributed by atoms with Gasteiger partial charge in [0, 0.05) is 35.8 Å². The van der Waals surface area contributed by atoms with E-state index in [1.165, 1.54) is 6.20 Å². The van der Waals surface area contributed by atoms with Gasteiger partial charge in [-0.3, -0.25) is 4.79 Å². The third kappa shape index (κ3) is 3.37. The Labute approximate surface area is 140 Å². The van der Waals surface area contributed by atoms with Crippen LogP contribution >= 0.6 is 0 Å². The minimum absolute atomic E-state index is 0.0872. The van der Waals surface area contributed by atoms with Crippen LogP contribution in [-0.2, 0) is 10.0 Å². The van der Waals surface area contributed by atoms with Crippen molar-refractivity contribution in [2.75, 3.05) is 0 Å². The SMILES string of the molecule is CC(CC(=O)c1ccccc1)NS(=O)(=O)c1c[nH]c2ncccc12. The molecule has 0 aliphatic heterocycles. The molecule has 1 unspecified atom stereocenters. The van der Waals surface area contributed by atoms with Crippen LogP contribution in [0.15, 0.2) is 59.8 Å². The average Bonchev–Trinajstić information content (AvgIpc) is 3.00. The van der Waals surface area contributed by atoms with Crippen LogP contribution in [0.5, 0.6) is 0 Å². The number of benzene rings is 1. The van der Waals surface area contributed by atoms with Gasteiger partial charge in [0.1, 0.15) is 10.5 Å². The minimum Gasteiger partial charge on any atom is -0.345 e. The van der Waals surface area contributed by atoms with E-state index in [9.17, 15) is 13.2 Å². The second kappa shape index (κ2) is 6.54. The molecule has 0 amide bonds. The number of aromatic nitrogens is 2. The molecule has 0 spiro atoms. The van der Waals surface area contributed by atoms with Gasteiger partial charge in [0.2, 0.25) is 10.0 Å². The Hall–Kier alpha value is -2.51. The quantitative estimate of drug-likeness (QED) is 0.673. The van der Waals surface area contributed by atoms with Crippen molar-refractivity contribution in [3.05, 3.63) is 60.4 Å². The highest BCUT2D eigenvalue weighted by atomic mass is 32.2. The number of pyridine rings is 1. The lowest BCUT2D eigenvalue weighted by molar-refractivity contribution is 0.0975. The first-order chi connectivity index (χ1) is 11.5. The number of aromatic amines is 1. The Morgan fingerprint density at radius 1 is 1.21 bits per heavy atom. The third-order valence-electron chi connectivity index (χ3n) is 3.65. The van der Waals surface area contributed by atoms with Gasteiger partial charge in [0.25, 0.3) is 0 Å². The van der Waals surface area contributed by atoms with Crippen molar-refractivity contribution in [2.45, 2.75) is 24.3 Å². The van der Waals surface area contributed by atoms with E-state index in [2.05, 4.69) is 14.7 Å². The van der Waals surface area contributed by atoms with Gasteiger partial charge in [-0.25, -0.2) is 18.1 Å². The fourth-order valence-electron chi connectivity index (χ4n) is 2.54. The number of fused-ring (bicyclic) bond motifs is 1. The van der Waals surface area contributed by atoms with E-state index in [1.807, 2.05) is 6.07 Å². The summed E-state index contributed by atoms with van der Waals surface area (Å²) in [6, 6.07) is 11.7. The fraction of sp³-hybridized carbons (Fsp3) is 0.176. The normalized spacial score (nSPS) is 13.0. The molecule has 2 aromatic heterocycles. The topological polar surface area (TPSA) is 91.9 Å². The molecular formula is C17H17N3O3S. The van der Waals surface area contributed by atoms with E-state index in [-0.39, 0.29) is 17.1 Å². The maximum Gasteiger partial charge on any atom is 0.243 e. The van der Waals surface area contributed by atoms with Gasteiger partial charge in [0.05, 0.1) is 0 Å². The molecule has 7 heteroatoms. The third-order valence-corrected chi connectivity index (χ3v) is 5.28. The summed E-state index contributed by atoms with van der Waals surface area (Å²) >= 11 is 0. The van der Waals surface area contributed by atoms with Crippen LogP contribution in [0.1, 0.15) is 23.7 Å². The fourth-order valence-corrected chi connectivity index (χ4v) is 3.95. The number of carbonyl (C=O) groups is 1. The number of hydrogen-bond donors (Lipinski definition) is 2. The Balaban J connectivity index is 1.76. The molecule has 3 rings (SSSR count). The number of hydrogen-bond acceptors (Lipinski definition) is 4. The molecule has 0 aliphatic rings. The summed E-state index contributed by atoms with van der Waals surface area (Å²) in [6.45, 7) is 1.67. The molecule has 124 valence electrons. The second-order valence-corrected chi connectivity index (χ2v) is 7.25. The van der Waals surface area contributed by atoms with Gasteiger partial charge < -0.3 is 4.98 Å². The first-order valence-corrected chi connectivity index (χ1v) is 8.98. The van der Waals surface area contributed by atoms with Crippen molar-refractivity contribution in [1.29, 1.82) is 0 Å². The zero-order valence-electron chi connectivity index (χ0n) is 13.1. The largest absolute Gasteiger partial charge is 0.345 e. The molecule has 1 atom stereocenters. The first kappa shape index (κ1) is 16.4. The van der Waals surface area contributed by atoms with E-state index >= 15 is 0 Å². The van der Waals surface area contributed by atoms with Gasteiger partial charge >= 0.3 is 0 Å². The highest BCUT2D eigenvalue weighted by Gasteiger charge is 2.23. The van der Waals surface area contributed by atoms with Crippen molar-refractivity contribution in [2.24, 2.45) is 0 Å². The molecule has 6 nitrogen and oxygen atoms in total. The number of ketones is 1. The second-order valence-electron chi connectivity index (χ2n) is 5.57. The van der Waals surface area contributed by atoms with Crippen LogP contribution in [0.2, 0.25) is 0 Å². The summed E-state index contributed by atoms with van der Waals surface area (Å²) in [6.07, 6.45) is 3.08. The van der Waals surface area contributed by atoms with Crippen molar-refractivity contribution in [1.82, 2.24) is 14.7 Å². The maximum absolute atomic E-state index is 12.6. The van der Waals surface area contributed by atoms with E-state index in [0.29, 0.717) is 16.6 Å². The zero-order chi connectivity index (χ0) is 17.2. The van der Waals surface area contributed by atoms with Crippen molar-refractivity contribution in [3.63, 3.8) is 0 Å². The van der Waals surface area contributed by atoms with Crippen LogP contribution in [-0.4, -0.2) is 30.2 Å². The first-order valence-electron chi connectivity index (χ1n) is 7.50. The number of nitrogens with one attached hydrogen (secondary N) is 2. The summed E-state index contributed by atoms with van der Waals surface area (Å²) in [5.41, 5.74) is 1.07. The molecule has 24 heavy (non-hydrogen) atoms. The van der Waals surface area contributed by atoms with Gasteiger partial charge in [-0.15, -0.1) is 0 Å². The van der Waals surface area contributed by atoms with Gasteiger partial charge in [0.15, 0.2) is 5.78 Å². The van der Waals surface area contributed by atoms with E-state index in [1.54, 1.807) is 49.5 Å². The lowest BCUT2D eigenvalue weighted by atomic mass is 10.1. The highest BCUT2D eigenvalue weighted by Crippen LogP contribution is 2.21. The smallest absolute Gasteiger partial charge is 0.243 e. The predicted octanol–water partition coefficient (Wildman–Crippen LogP) is 2.50. The minimum atomic E-state index is -3.74. The Morgan fingerprint density at radius 3 is 2.71 bits per heavy atom. The summed E-state index contributed by atoms with van der Waals surface area (Å²) in [5.74, 6) is -0.105. The zero-order valence-corrected chi connectivity index (χ0v) is 13.9. The molecule has 3 aromatic rings. The summed E-state index contributed by atoms with van der Waals surface area (Å²) in [4.78, 5) is 19.2. The van der Waals surface area contributed by atoms with Crippen LogP contribution < -0.4 is 4.72 Å². The van der Waals surface area contributed by atoms with E-state index < -0.39 is 16.1 Å². The lowest BCUT2D eigenvalue weighted by Crippen LogP contribution is -2.34. The van der Waals surface area contributed by atoms with Crippen LogP contribution in [0.25, 0.3) is 11.0 Å². The Bertz CT molecular complexity index is 965. The Morgan fingerprint density at radius 2 is 1.96 bits per heavy atom. The number of H-pyrrole nitrogens is 1. The molecule has 2 N–H and O–H groups in total. The molecule has 0 saturated heterocycles. The van der Waals surface area contributed by atoms with Crippen LogP contribution in [0, 0.1) is 0 Å². The van der Waals surface area contributed by atoms with Crippen molar-refractivity contribution in [3.8, 4) is 0 Å². The number of rotatable bonds is 6. The summed E-state index contributed by atoms with van der Waals surface area (Å²) in [5, 5.41) is 0.520. The molecule has 0 fully saturated rings. The molecular weight excluding hydrogens is 326 g/mol. The number of Topliss-reactive ketones (excluding diaryl/α,β-unsaturated/α-hetero) is 1. The molecule has 0 saturated carbocycles. The standard InChI is InChI=1S/C17H17N3O3S/c1-12(10-15(21)13-6-3-2-4-7-13)20-24(22,23)16-11-19-17-14(16)8-5-9-18-17/h2-9,11-12,20H,10H2,1H3,(H,18,19).